The van der Waals surface area contributed by atoms with Crippen LogP contribution in [0.4, 0.5) is 5.69 Å². The van der Waals surface area contributed by atoms with E-state index in [-0.39, 0.29) is 0 Å². The molecule has 1 rings (SSSR count). The summed E-state index contributed by atoms with van der Waals surface area (Å²) in [5, 5.41) is 0.691. The number of halogens is 1. The van der Waals surface area contributed by atoms with E-state index in [1.54, 1.807) is 28.6 Å². The SMILES string of the molecule is C[N+](c1ccc(Cl)cc1)=S(C)(C)=O. The maximum Gasteiger partial charge on any atom is 0.214 e. The van der Waals surface area contributed by atoms with Gasteiger partial charge in [-0.25, -0.2) is 4.21 Å². The van der Waals surface area contributed by atoms with Crippen molar-refractivity contribution in [1.82, 2.24) is 0 Å². The lowest BCUT2D eigenvalue weighted by Crippen LogP contribution is -2.09. The summed E-state index contributed by atoms with van der Waals surface area (Å²) in [6.45, 7) is 0. The first-order chi connectivity index (χ1) is 5.91. The Morgan fingerprint density at radius 1 is 1.23 bits per heavy atom. The standard InChI is InChI=1S/C9H13ClNOS/c1-11(13(2,3)12)9-6-4-8(10)5-7-9/h4-7H,1-3H3/q+1. The molecule has 0 aliphatic heterocycles. The molecule has 0 saturated heterocycles. The molecule has 0 saturated carbocycles. The third-order valence-corrected chi connectivity index (χ3v) is 3.63. The molecule has 0 radical (unpaired) electrons. The van der Waals surface area contributed by atoms with Crippen LogP contribution in [0.2, 0.25) is 5.02 Å². The van der Waals surface area contributed by atoms with Crippen molar-refractivity contribution in [2.75, 3.05) is 19.6 Å². The van der Waals surface area contributed by atoms with Crippen molar-refractivity contribution in [3.63, 3.8) is 0 Å². The highest BCUT2D eigenvalue weighted by Gasteiger charge is 2.08. The van der Waals surface area contributed by atoms with E-state index in [0.717, 1.165) is 5.69 Å². The minimum Gasteiger partial charge on any atom is -0.206 e. The summed E-state index contributed by atoms with van der Waals surface area (Å²) in [6, 6.07) is 7.29. The normalized spacial score (nSPS) is 11.4. The van der Waals surface area contributed by atoms with Crippen molar-refractivity contribution in [3.05, 3.63) is 29.3 Å². The highest BCUT2D eigenvalue weighted by molar-refractivity contribution is 7.89. The number of benzene rings is 1. The topological polar surface area (TPSA) is 20.1 Å². The molecule has 0 unspecified atom stereocenters. The predicted molar refractivity (Wildman–Crippen MR) is 57.3 cm³/mol. The molecule has 4 heteroatoms. The highest BCUT2D eigenvalue weighted by atomic mass is 35.5. The van der Waals surface area contributed by atoms with Crippen molar-refractivity contribution in [2.45, 2.75) is 0 Å². The van der Waals surface area contributed by atoms with Crippen molar-refractivity contribution in [2.24, 2.45) is 0 Å². The quantitative estimate of drug-likeness (QED) is 0.663. The summed E-state index contributed by atoms with van der Waals surface area (Å²) in [4.78, 5) is 0. The zero-order chi connectivity index (χ0) is 10.1. The fourth-order valence-electron chi connectivity index (χ4n) is 0.905. The molecule has 0 spiro atoms. The zero-order valence-corrected chi connectivity index (χ0v) is 9.52. The van der Waals surface area contributed by atoms with E-state index < -0.39 is 9.73 Å². The van der Waals surface area contributed by atoms with E-state index in [1.807, 2.05) is 19.2 Å². The lowest BCUT2D eigenvalue weighted by atomic mass is 10.3. The van der Waals surface area contributed by atoms with Gasteiger partial charge < -0.3 is 0 Å². The molecule has 0 aliphatic rings. The van der Waals surface area contributed by atoms with Crippen LogP contribution in [0, 0.1) is 0 Å². The first-order valence-corrected chi connectivity index (χ1v) is 6.56. The van der Waals surface area contributed by atoms with Crippen LogP contribution in [-0.4, -0.2) is 27.7 Å². The Hall–Kier alpha value is -0.540. The van der Waals surface area contributed by atoms with Crippen molar-refractivity contribution >= 4 is 27.0 Å². The van der Waals surface area contributed by atoms with E-state index in [9.17, 15) is 4.21 Å². The minimum absolute atomic E-state index is 0.691. The van der Waals surface area contributed by atoms with Crippen LogP contribution < -0.4 is 0 Å². The second-order valence-corrected chi connectivity index (χ2v) is 6.50. The van der Waals surface area contributed by atoms with E-state index in [1.165, 1.54) is 0 Å². The van der Waals surface area contributed by atoms with Gasteiger partial charge in [0.25, 0.3) is 0 Å². The first kappa shape index (κ1) is 10.5. The third-order valence-electron chi connectivity index (χ3n) is 1.85. The van der Waals surface area contributed by atoms with Gasteiger partial charge in [-0.2, -0.15) is 3.95 Å². The van der Waals surface area contributed by atoms with Gasteiger partial charge in [0.2, 0.25) is 5.69 Å². The van der Waals surface area contributed by atoms with Gasteiger partial charge in [-0.3, -0.25) is 0 Å². The summed E-state index contributed by atoms with van der Waals surface area (Å²) in [7, 11) is -0.117. The molecule has 0 atom stereocenters. The monoisotopic (exact) mass is 218 g/mol. The van der Waals surface area contributed by atoms with Gasteiger partial charge in [0.05, 0.1) is 12.5 Å². The summed E-state index contributed by atoms with van der Waals surface area (Å²) in [5.41, 5.74) is 0.916. The lowest BCUT2D eigenvalue weighted by Gasteiger charge is -1.99. The Labute approximate surface area is 84.3 Å². The van der Waals surface area contributed by atoms with Crippen molar-refractivity contribution in [3.8, 4) is 0 Å². The molecule has 1 aromatic carbocycles. The van der Waals surface area contributed by atoms with Crippen LogP contribution in [0.1, 0.15) is 0 Å². The molecule has 0 heterocycles. The maximum absolute atomic E-state index is 11.7. The molecule has 2 nitrogen and oxygen atoms in total. The van der Waals surface area contributed by atoms with Gasteiger partial charge in [0.1, 0.15) is 7.05 Å². The van der Waals surface area contributed by atoms with Gasteiger partial charge in [-0.05, 0) is 12.1 Å². The molecular formula is C9H13ClNOS+. The van der Waals surface area contributed by atoms with Crippen LogP contribution in [0.5, 0.6) is 0 Å². The number of hydrogen-bond acceptors (Lipinski definition) is 1. The molecule has 0 aromatic heterocycles. The molecule has 72 valence electrons. The van der Waals surface area contributed by atoms with Gasteiger partial charge in [-0.1, -0.05) is 11.6 Å². The van der Waals surface area contributed by atoms with E-state index in [2.05, 4.69) is 0 Å². The number of rotatable bonds is 1. The summed E-state index contributed by atoms with van der Waals surface area (Å²) in [6.07, 6.45) is 3.42. The summed E-state index contributed by atoms with van der Waals surface area (Å²) >= 11 is 5.74. The zero-order valence-electron chi connectivity index (χ0n) is 7.95. The molecule has 13 heavy (non-hydrogen) atoms. The predicted octanol–water partition coefficient (Wildman–Crippen LogP) is 2.34. The van der Waals surface area contributed by atoms with Gasteiger partial charge in [0, 0.05) is 17.2 Å². The van der Waals surface area contributed by atoms with Gasteiger partial charge in [0.15, 0.2) is 9.73 Å². The molecular weight excluding hydrogens is 206 g/mol. The van der Waals surface area contributed by atoms with Crippen LogP contribution in [0.3, 0.4) is 0 Å². The first-order valence-electron chi connectivity index (χ1n) is 3.85. The Bertz CT molecular complexity index is 408. The summed E-state index contributed by atoms with van der Waals surface area (Å²) < 4.78 is 13.4. The van der Waals surface area contributed by atoms with Crippen LogP contribution in [0.25, 0.3) is 0 Å². The van der Waals surface area contributed by atoms with Gasteiger partial charge >= 0.3 is 0 Å². The molecule has 0 bridgehead atoms. The van der Waals surface area contributed by atoms with Crippen LogP contribution in [-0.2, 0) is 9.73 Å². The van der Waals surface area contributed by atoms with Crippen molar-refractivity contribution in [1.29, 1.82) is 0 Å². The Kier molecular flexibility index (Phi) is 2.98. The molecule has 0 amide bonds. The highest BCUT2D eigenvalue weighted by Crippen LogP contribution is 2.16. The maximum atomic E-state index is 11.7. The lowest BCUT2D eigenvalue weighted by molar-refractivity contribution is -0.379. The fourth-order valence-corrected chi connectivity index (χ4v) is 1.66. The third kappa shape index (κ3) is 2.71. The number of nitrogens with zero attached hydrogens (tertiary/aromatic N) is 1. The summed E-state index contributed by atoms with van der Waals surface area (Å²) in [5.74, 6) is 0. The largest absolute Gasteiger partial charge is 0.214 e. The molecule has 0 N–H and O–H groups in total. The second kappa shape index (κ2) is 3.68. The smallest absolute Gasteiger partial charge is 0.206 e. The molecule has 0 fully saturated rings. The van der Waals surface area contributed by atoms with E-state index >= 15 is 0 Å². The average molecular weight is 219 g/mol. The Balaban J connectivity index is 3.27. The fraction of sp³-hybridized carbons (Fsp3) is 0.333. The Morgan fingerprint density at radius 2 is 1.69 bits per heavy atom. The number of hydrogen-bond donors (Lipinski definition) is 0. The van der Waals surface area contributed by atoms with Crippen molar-refractivity contribution < 1.29 is 8.15 Å². The van der Waals surface area contributed by atoms with E-state index in [4.69, 9.17) is 11.6 Å². The average Bonchev–Trinajstić information content (AvgIpc) is 2.03. The van der Waals surface area contributed by atoms with Crippen LogP contribution >= 0.6 is 11.6 Å². The minimum atomic E-state index is -1.93. The molecule has 1 aromatic rings. The second-order valence-electron chi connectivity index (χ2n) is 3.16. The van der Waals surface area contributed by atoms with Crippen LogP contribution in [0.15, 0.2) is 24.3 Å². The molecule has 0 aliphatic carbocycles. The van der Waals surface area contributed by atoms with E-state index in [0.29, 0.717) is 5.02 Å². The van der Waals surface area contributed by atoms with Gasteiger partial charge in [-0.15, -0.1) is 0 Å². The Morgan fingerprint density at radius 3 is 2.08 bits per heavy atom.